The van der Waals surface area contributed by atoms with E-state index in [1.54, 1.807) is 0 Å². The molecule has 2 aromatic carbocycles. The van der Waals surface area contributed by atoms with Crippen LogP contribution in [0.3, 0.4) is 0 Å². The number of benzene rings is 2. The number of nitro benzene ring substituents is 1. The van der Waals surface area contributed by atoms with Crippen molar-refractivity contribution in [2.45, 2.75) is 0 Å². The van der Waals surface area contributed by atoms with E-state index in [2.05, 4.69) is 0 Å². The second-order valence-corrected chi connectivity index (χ2v) is 3.81. The molecule has 0 atom stereocenters. The zero-order valence-electron chi connectivity index (χ0n) is 9.47. The summed E-state index contributed by atoms with van der Waals surface area (Å²) < 4.78 is 26.2. The number of carbonyl (C=O) groups is 1. The van der Waals surface area contributed by atoms with Crippen LogP contribution in [0.4, 0.5) is 14.5 Å². The van der Waals surface area contributed by atoms with Crippen molar-refractivity contribution in [3.8, 4) is 11.1 Å². The molecule has 0 aromatic heterocycles. The Morgan fingerprint density at radius 3 is 2.16 bits per heavy atom. The van der Waals surface area contributed by atoms with Crippen LogP contribution in [0.1, 0.15) is 10.4 Å². The highest BCUT2D eigenvalue weighted by atomic mass is 19.1. The number of nitrogens with zero attached hydrogens (tertiary/aromatic N) is 1. The van der Waals surface area contributed by atoms with Crippen molar-refractivity contribution in [1.82, 2.24) is 0 Å². The highest BCUT2D eigenvalue weighted by Gasteiger charge is 2.14. The molecule has 0 N–H and O–H groups in total. The fourth-order valence-corrected chi connectivity index (χ4v) is 1.72. The summed E-state index contributed by atoms with van der Waals surface area (Å²) in [4.78, 5) is 20.8. The lowest BCUT2D eigenvalue weighted by molar-refractivity contribution is -0.385. The molecule has 19 heavy (non-hydrogen) atoms. The van der Waals surface area contributed by atoms with E-state index in [4.69, 9.17) is 0 Å². The molecule has 0 heterocycles. The van der Waals surface area contributed by atoms with Crippen LogP contribution in [-0.4, -0.2) is 11.2 Å². The third kappa shape index (κ3) is 2.62. The molecule has 0 saturated heterocycles. The van der Waals surface area contributed by atoms with Crippen LogP contribution >= 0.6 is 0 Å². The molecule has 0 fully saturated rings. The number of nitro groups is 1. The lowest BCUT2D eigenvalue weighted by atomic mass is 10.0. The van der Waals surface area contributed by atoms with Crippen molar-refractivity contribution in [3.05, 3.63) is 63.7 Å². The fraction of sp³-hybridized carbons (Fsp3) is 0. The summed E-state index contributed by atoms with van der Waals surface area (Å²) in [5, 5.41) is 10.7. The SMILES string of the molecule is O=Cc1cc(-c2cc(F)cc(F)c2)ccc1[N+](=O)[O-]. The average molecular weight is 263 g/mol. The molecule has 0 bridgehead atoms. The van der Waals surface area contributed by atoms with Gasteiger partial charge in [0.2, 0.25) is 0 Å². The summed E-state index contributed by atoms with van der Waals surface area (Å²) in [6.07, 6.45) is 0.331. The van der Waals surface area contributed by atoms with Gasteiger partial charge in [-0.2, -0.15) is 0 Å². The van der Waals surface area contributed by atoms with Gasteiger partial charge in [-0.05, 0) is 35.4 Å². The lowest BCUT2D eigenvalue weighted by Crippen LogP contribution is -1.95. The predicted molar refractivity (Wildman–Crippen MR) is 63.8 cm³/mol. The van der Waals surface area contributed by atoms with Crippen LogP contribution in [0.25, 0.3) is 11.1 Å². The summed E-state index contributed by atoms with van der Waals surface area (Å²) in [6.45, 7) is 0. The van der Waals surface area contributed by atoms with Gasteiger partial charge >= 0.3 is 0 Å². The van der Waals surface area contributed by atoms with Gasteiger partial charge in [0.25, 0.3) is 5.69 Å². The maximum atomic E-state index is 13.1. The van der Waals surface area contributed by atoms with Gasteiger partial charge in [0.05, 0.1) is 10.5 Å². The van der Waals surface area contributed by atoms with Gasteiger partial charge in [0.1, 0.15) is 11.6 Å². The Balaban J connectivity index is 2.57. The first kappa shape index (κ1) is 12.8. The molecule has 0 amide bonds. The quantitative estimate of drug-likeness (QED) is 0.484. The smallest absolute Gasteiger partial charge is 0.279 e. The number of hydrogen-bond donors (Lipinski definition) is 0. The van der Waals surface area contributed by atoms with Crippen molar-refractivity contribution in [1.29, 1.82) is 0 Å². The summed E-state index contributed by atoms with van der Waals surface area (Å²) >= 11 is 0. The Morgan fingerprint density at radius 2 is 1.63 bits per heavy atom. The number of carbonyl (C=O) groups excluding carboxylic acids is 1. The van der Waals surface area contributed by atoms with E-state index in [-0.39, 0.29) is 16.8 Å². The Labute approximate surface area is 106 Å². The van der Waals surface area contributed by atoms with E-state index < -0.39 is 16.6 Å². The van der Waals surface area contributed by atoms with Gasteiger partial charge in [0, 0.05) is 12.1 Å². The summed E-state index contributed by atoms with van der Waals surface area (Å²) in [5.74, 6) is -1.53. The van der Waals surface area contributed by atoms with Crippen molar-refractivity contribution in [2.75, 3.05) is 0 Å². The summed E-state index contributed by atoms with van der Waals surface area (Å²) in [5.41, 5.74) is 0.0318. The van der Waals surface area contributed by atoms with Crippen LogP contribution < -0.4 is 0 Å². The highest BCUT2D eigenvalue weighted by Crippen LogP contribution is 2.26. The first-order chi connectivity index (χ1) is 9.01. The van der Waals surface area contributed by atoms with Crippen molar-refractivity contribution in [2.24, 2.45) is 0 Å². The summed E-state index contributed by atoms with van der Waals surface area (Å²) in [6, 6.07) is 6.56. The summed E-state index contributed by atoms with van der Waals surface area (Å²) in [7, 11) is 0. The van der Waals surface area contributed by atoms with Crippen LogP contribution in [0.15, 0.2) is 36.4 Å². The number of halogens is 2. The molecule has 96 valence electrons. The van der Waals surface area contributed by atoms with Gasteiger partial charge in [-0.15, -0.1) is 0 Å². The minimum absolute atomic E-state index is 0.146. The lowest BCUT2D eigenvalue weighted by Gasteiger charge is -2.04. The van der Waals surface area contributed by atoms with Crippen molar-refractivity contribution >= 4 is 12.0 Å². The number of aldehydes is 1. The van der Waals surface area contributed by atoms with E-state index in [1.807, 2.05) is 0 Å². The molecular weight excluding hydrogens is 256 g/mol. The zero-order valence-corrected chi connectivity index (χ0v) is 9.47. The Bertz CT molecular complexity index is 651. The highest BCUT2D eigenvalue weighted by molar-refractivity contribution is 5.84. The molecule has 4 nitrogen and oxygen atoms in total. The van der Waals surface area contributed by atoms with Crippen molar-refractivity contribution < 1.29 is 18.5 Å². The Morgan fingerprint density at radius 1 is 1.00 bits per heavy atom. The maximum Gasteiger partial charge on any atom is 0.279 e. The first-order valence-corrected chi connectivity index (χ1v) is 5.21. The minimum Gasteiger partial charge on any atom is -0.298 e. The third-order valence-electron chi connectivity index (χ3n) is 2.55. The second kappa shape index (κ2) is 4.93. The molecule has 6 heteroatoms. The van der Waals surface area contributed by atoms with E-state index in [0.717, 1.165) is 24.3 Å². The van der Waals surface area contributed by atoms with Gasteiger partial charge in [-0.3, -0.25) is 14.9 Å². The largest absolute Gasteiger partial charge is 0.298 e. The molecule has 0 radical (unpaired) electrons. The molecule has 0 unspecified atom stereocenters. The number of hydrogen-bond acceptors (Lipinski definition) is 3. The Kier molecular flexibility index (Phi) is 3.33. The van der Waals surface area contributed by atoms with E-state index in [1.165, 1.54) is 12.1 Å². The zero-order chi connectivity index (χ0) is 14.0. The third-order valence-corrected chi connectivity index (χ3v) is 2.55. The van der Waals surface area contributed by atoms with Gasteiger partial charge in [-0.1, -0.05) is 0 Å². The fourth-order valence-electron chi connectivity index (χ4n) is 1.72. The molecule has 2 rings (SSSR count). The van der Waals surface area contributed by atoms with Crippen LogP contribution in [-0.2, 0) is 0 Å². The normalized spacial score (nSPS) is 10.2. The minimum atomic E-state index is -0.763. The topological polar surface area (TPSA) is 60.2 Å². The molecule has 0 spiro atoms. The van der Waals surface area contributed by atoms with Gasteiger partial charge in [-0.25, -0.2) is 8.78 Å². The molecular formula is C13H7F2NO3. The molecule has 2 aromatic rings. The Hall–Kier alpha value is -2.63. The van der Waals surface area contributed by atoms with Crippen molar-refractivity contribution in [3.63, 3.8) is 0 Å². The second-order valence-electron chi connectivity index (χ2n) is 3.81. The standard InChI is InChI=1S/C13H7F2NO3/c14-11-4-9(5-12(15)6-11)8-1-2-13(16(18)19)10(3-8)7-17/h1-7H. The predicted octanol–water partition coefficient (Wildman–Crippen LogP) is 3.35. The van der Waals surface area contributed by atoms with Crippen LogP contribution in [0.5, 0.6) is 0 Å². The molecule has 0 aliphatic heterocycles. The molecule has 0 saturated carbocycles. The number of rotatable bonds is 3. The first-order valence-electron chi connectivity index (χ1n) is 5.21. The van der Waals surface area contributed by atoms with Gasteiger partial charge < -0.3 is 0 Å². The van der Waals surface area contributed by atoms with Crippen LogP contribution in [0.2, 0.25) is 0 Å². The average Bonchev–Trinajstić information content (AvgIpc) is 2.36. The van der Waals surface area contributed by atoms with Gasteiger partial charge in [0.15, 0.2) is 6.29 Å². The monoisotopic (exact) mass is 263 g/mol. The van der Waals surface area contributed by atoms with E-state index in [9.17, 15) is 23.7 Å². The maximum absolute atomic E-state index is 13.1. The molecule has 0 aliphatic carbocycles. The van der Waals surface area contributed by atoms with E-state index >= 15 is 0 Å². The van der Waals surface area contributed by atoms with Crippen LogP contribution in [0, 0.1) is 21.7 Å². The molecule has 0 aliphatic rings. The van der Waals surface area contributed by atoms with E-state index in [0.29, 0.717) is 11.8 Å².